The molecule has 1 saturated carbocycles. The van der Waals surface area contributed by atoms with E-state index in [2.05, 4.69) is 29.4 Å². The minimum atomic E-state index is 0.706. The molecule has 21 heavy (non-hydrogen) atoms. The first-order valence-electron chi connectivity index (χ1n) is 8.60. The third-order valence-corrected chi connectivity index (χ3v) is 5.80. The monoisotopic (exact) mass is 307 g/mol. The van der Waals surface area contributed by atoms with E-state index < -0.39 is 0 Å². The maximum Gasteiger partial charge on any atom is 0.107 e. The van der Waals surface area contributed by atoms with E-state index in [0.717, 1.165) is 31.6 Å². The van der Waals surface area contributed by atoms with Crippen LogP contribution in [0.3, 0.4) is 0 Å². The highest BCUT2D eigenvalue weighted by atomic mass is 32.1. The molecule has 1 N–H and O–H groups in total. The fourth-order valence-corrected chi connectivity index (χ4v) is 4.69. The van der Waals surface area contributed by atoms with Crippen LogP contribution in [0.5, 0.6) is 0 Å². The number of thiazole rings is 1. The van der Waals surface area contributed by atoms with Gasteiger partial charge in [-0.05, 0) is 50.6 Å². The zero-order valence-electron chi connectivity index (χ0n) is 13.5. The molecule has 2 atom stereocenters. The second-order valence-corrected chi connectivity index (χ2v) is 8.07. The van der Waals surface area contributed by atoms with Crippen molar-refractivity contribution in [3.05, 3.63) is 16.1 Å². The van der Waals surface area contributed by atoms with E-state index in [-0.39, 0.29) is 0 Å². The third kappa shape index (κ3) is 4.05. The van der Waals surface area contributed by atoms with Crippen LogP contribution in [0, 0.1) is 11.8 Å². The summed E-state index contributed by atoms with van der Waals surface area (Å²) in [7, 11) is 0. The van der Waals surface area contributed by atoms with Crippen LogP contribution < -0.4 is 5.32 Å². The van der Waals surface area contributed by atoms with Gasteiger partial charge in [0.2, 0.25) is 0 Å². The summed E-state index contributed by atoms with van der Waals surface area (Å²) in [6, 6.07) is 0.850. The van der Waals surface area contributed by atoms with Crippen molar-refractivity contribution < 1.29 is 0 Å². The molecule has 0 amide bonds. The van der Waals surface area contributed by atoms with Crippen LogP contribution in [0.4, 0.5) is 0 Å². The Morgan fingerprint density at radius 3 is 3.05 bits per heavy atom. The molecule has 0 spiro atoms. The number of aromatic nitrogens is 1. The van der Waals surface area contributed by atoms with Crippen molar-refractivity contribution in [1.29, 1.82) is 0 Å². The summed E-state index contributed by atoms with van der Waals surface area (Å²) in [4.78, 5) is 7.54. The van der Waals surface area contributed by atoms with Crippen molar-refractivity contribution in [2.45, 2.75) is 65.1 Å². The van der Waals surface area contributed by atoms with Gasteiger partial charge in [-0.25, -0.2) is 4.98 Å². The van der Waals surface area contributed by atoms with Crippen molar-refractivity contribution in [2.75, 3.05) is 13.1 Å². The summed E-state index contributed by atoms with van der Waals surface area (Å²) in [5.74, 6) is 1.68. The molecule has 0 aromatic carbocycles. The van der Waals surface area contributed by atoms with Gasteiger partial charge in [0, 0.05) is 24.5 Å². The molecule has 2 unspecified atom stereocenters. The first kappa shape index (κ1) is 15.4. The van der Waals surface area contributed by atoms with Crippen LogP contribution >= 0.6 is 11.3 Å². The van der Waals surface area contributed by atoms with E-state index >= 15 is 0 Å². The predicted molar refractivity (Wildman–Crippen MR) is 89.4 cm³/mol. The molecular weight excluding hydrogens is 278 g/mol. The van der Waals surface area contributed by atoms with E-state index in [0.29, 0.717) is 5.92 Å². The average molecular weight is 308 g/mol. The molecule has 118 valence electrons. The lowest BCUT2D eigenvalue weighted by Crippen LogP contribution is -2.41. The molecule has 1 aromatic heterocycles. The Bertz CT molecular complexity index is 443. The van der Waals surface area contributed by atoms with Gasteiger partial charge < -0.3 is 5.32 Å². The van der Waals surface area contributed by atoms with Gasteiger partial charge in [0.05, 0.1) is 5.69 Å². The van der Waals surface area contributed by atoms with Gasteiger partial charge in [-0.1, -0.05) is 20.3 Å². The second kappa shape index (κ2) is 7.21. The Balaban J connectivity index is 1.52. The van der Waals surface area contributed by atoms with Gasteiger partial charge in [-0.15, -0.1) is 11.3 Å². The SMILES string of the molecule is CC(C)CNCc1nc(CN2CCCC3CCCC32)cs1. The molecular formula is C17H29N3S. The lowest BCUT2D eigenvalue weighted by atomic mass is 9.92. The number of fused-ring (bicyclic) bond motifs is 1. The molecule has 0 bridgehead atoms. The highest BCUT2D eigenvalue weighted by molar-refractivity contribution is 7.09. The summed E-state index contributed by atoms with van der Waals surface area (Å²) in [6.07, 6.45) is 7.16. The van der Waals surface area contributed by atoms with Crippen molar-refractivity contribution in [3.8, 4) is 0 Å². The Labute approximate surface area is 133 Å². The molecule has 1 aliphatic heterocycles. The molecule has 1 saturated heterocycles. The number of hydrogen-bond donors (Lipinski definition) is 1. The molecule has 2 fully saturated rings. The largest absolute Gasteiger partial charge is 0.310 e. The summed E-state index contributed by atoms with van der Waals surface area (Å²) < 4.78 is 0. The van der Waals surface area contributed by atoms with Gasteiger partial charge in [-0.2, -0.15) is 0 Å². The first-order chi connectivity index (χ1) is 10.2. The quantitative estimate of drug-likeness (QED) is 0.869. The van der Waals surface area contributed by atoms with Crippen molar-refractivity contribution in [3.63, 3.8) is 0 Å². The van der Waals surface area contributed by atoms with Gasteiger partial charge in [0.1, 0.15) is 5.01 Å². The fraction of sp³-hybridized carbons (Fsp3) is 0.824. The van der Waals surface area contributed by atoms with E-state index in [4.69, 9.17) is 4.98 Å². The molecule has 2 heterocycles. The van der Waals surface area contributed by atoms with E-state index in [1.807, 2.05) is 11.3 Å². The average Bonchev–Trinajstić information content (AvgIpc) is 3.08. The van der Waals surface area contributed by atoms with Crippen molar-refractivity contribution in [2.24, 2.45) is 11.8 Å². The van der Waals surface area contributed by atoms with Crippen LogP contribution in [-0.4, -0.2) is 29.0 Å². The van der Waals surface area contributed by atoms with Crippen LogP contribution in [0.15, 0.2) is 5.38 Å². The van der Waals surface area contributed by atoms with E-state index in [1.165, 1.54) is 49.4 Å². The zero-order valence-corrected chi connectivity index (χ0v) is 14.3. The number of rotatable bonds is 6. The fourth-order valence-electron chi connectivity index (χ4n) is 3.93. The number of nitrogens with zero attached hydrogens (tertiary/aromatic N) is 2. The highest BCUT2D eigenvalue weighted by Gasteiger charge is 2.34. The maximum absolute atomic E-state index is 4.83. The number of hydrogen-bond acceptors (Lipinski definition) is 4. The molecule has 1 aromatic rings. The Morgan fingerprint density at radius 1 is 1.33 bits per heavy atom. The molecule has 2 aliphatic rings. The molecule has 1 aliphatic carbocycles. The van der Waals surface area contributed by atoms with Crippen LogP contribution in [0.1, 0.15) is 56.7 Å². The first-order valence-corrected chi connectivity index (χ1v) is 9.48. The minimum Gasteiger partial charge on any atom is -0.310 e. The Kier molecular flexibility index (Phi) is 5.30. The summed E-state index contributed by atoms with van der Waals surface area (Å²) in [5, 5.41) is 7.00. The van der Waals surface area contributed by atoms with Crippen LogP contribution in [-0.2, 0) is 13.1 Å². The van der Waals surface area contributed by atoms with Crippen molar-refractivity contribution >= 4 is 11.3 Å². The number of piperidine rings is 1. The zero-order chi connectivity index (χ0) is 14.7. The van der Waals surface area contributed by atoms with E-state index in [9.17, 15) is 0 Å². The normalized spacial score (nSPS) is 26.4. The van der Waals surface area contributed by atoms with Crippen molar-refractivity contribution in [1.82, 2.24) is 15.2 Å². The summed E-state index contributed by atoms with van der Waals surface area (Å²) >= 11 is 1.81. The highest BCUT2D eigenvalue weighted by Crippen LogP contribution is 2.37. The standard InChI is InChI=1S/C17H29N3S/c1-13(2)9-18-10-17-19-15(12-21-17)11-20-8-4-6-14-5-3-7-16(14)20/h12-14,16,18H,3-11H2,1-2H3. The second-order valence-electron chi connectivity index (χ2n) is 7.13. The lowest BCUT2D eigenvalue weighted by Gasteiger charge is -2.37. The van der Waals surface area contributed by atoms with Crippen LogP contribution in [0.25, 0.3) is 0 Å². The lowest BCUT2D eigenvalue weighted by molar-refractivity contribution is 0.104. The maximum atomic E-state index is 4.83. The number of nitrogens with one attached hydrogen (secondary N) is 1. The van der Waals surface area contributed by atoms with E-state index in [1.54, 1.807) is 0 Å². The molecule has 4 heteroatoms. The summed E-state index contributed by atoms with van der Waals surface area (Å²) in [6.45, 7) is 8.84. The smallest absolute Gasteiger partial charge is 0.107 e. The molecule has 0 radical (unpaired) electrons. The van der Waals surface area contributed by atoms with Gasteiger partial charge in [0.15, 0.2) is 0 Å². The van der Waals surface area contributed by atoms with Crippen LogP contribution in [0.2, 0.25) is 0 Å². The third-order valence-electron chi connectivity index (χ3n) is 4.90. The minimum absolute atomic E-state index is 0.706. The van der Waals surface area contributed by atoms with Gasteiger partial charge >= 0.3 is 0 Å². The Hall–Kier alpha value is -0.450. The topological polar surface area (TPSA) is 28.2 Å². The summed E-state index contributed by atoms with van der Waals surface area (Å²) in [5.41, 5.74) is 1.29. The van der Waals surface area contributed by atoms with Gasteiger partial charge in [0.25, 0.3) is 0 Å². The molecule has 3 rings (SSSR count). The molecule has 3 nitrogen and oxygen atoms in total. The Morgan fingerprint density at radius 2 is 2.19 bits per heavy atom. The number of likely N-dealkylation sites (tertiary alicyclic amines) is 1. The predicted octanol–water partition coefficient (Wildman–Crippen LogP) is 3.65. The van der Waals surface area contributed by atoms with Gasteiger partial charge in [-0.3, -0.25) is 4.90 Å².